The Balaban J connectivity index is 2.69. The number of hydrogen-bond acceptors (Lipinski definition) is 1. The minimum atomic E-state index is -0.294. The van der Waals surface area contributed by atoms with Crippen molar-refractivity contribution in [3.05, 3.63) is 34.3 Å². The SMILES string of the molecule is CCN1C(=O)C(=[N+]=[N-])c2ccc(Cl)cc21. The highest BCUT2D eigenvalue weighted by molar-refractivity contribution is 6.52. The van der Waals surface area contributed by atoms with Crippen molar-refractivity contribution >= 4 is 28.9 Å². The molecule has 1 aromatic carbocycles. The molecule has 1 aromatic rings. The third-order valence-corrected chi connectivity index (χ3v) is 2.60. The van der Waals surface area contributed by atoms with E-state index in [1.165, 1.54) is 4.90 Å². The highest BCUT2D eigenvalue weighted by Gasteiger charge is 2.39. The third-order valence-electron chi connectivity index (χ3n) is 2.37. The van der Waals surface area contributed by atoms with Crippen LogP contribution in [-0.2, 0) is 4.79 Å². The van der Waals surface area contributed by atoms with E-state index in [1.54, 1.807) is 18.2 Å². The van der Waals surface area contributed by atoms with Gasteiger partial charge in [0, 0.05) is 11.6 Å². The molecule has 0 N–H and O–H groups in total. The van der Waals surface area contributed by atoms with E-state index in [4.69, 9.17) is 17.1 Å². The Morgan fingerprint density at radius 2 is 2.27 bits per heavy atom. The maximum Gasteiger partial charge on any atom is 0.389 e. The van der Waals surface area contributed by atoms with Crippen molar-refractivity contribution in [3.63, 3.8) is 0 Å². The van der Waals surface area contributed by atoms with Gasteiger partial charge in [0.2, 0.25) is 0 Å². The van der Waals surface area contributed by atoms with Crippen LogP contribution in [0.4, 0.5) is 5.69 Å². The molecule has 1 heterocycles. The number of benzene rings is 1. The zero-order valence-electron chi connectivity index (χ0n) is 8.07. The van der Waals surface area contributed by atoms with Crippen LogP contribution in [0.1, 0.15) is 12.5 Å². The van der Waals surface area contributed by atoms with E-state index in [0.717, 1.165) is 0 Å². The van der Waals surface area contributed by atoms with Crippen molar-refractivity contribution in [2.45, 2.75) is 6.92 Å². The van der Waals surface area contributed by atoms with Gasteiger partial charge in [0.15, 0.2) is 0 Å². The normalized spacial score (nSPS) is 14.1. The van der Waals surface area contributed by atoms with Crippen molar-refractivity contribution in [2.75, 3.05) is 11.4 Å². The number of fused-ring (bicyclic) bond motifs is 1. The molecule has 0 unspecified atom stereocenters. The molecule has 2 rings (SSSR count). The van der Waals surface area contributed by atoms with Gasteiger partial charge in [-0.1, -0.05) is 11.6 Å². The van der Waals surface area contributed by atoms with Gasteiger partial charge >= 0.3 is 11.6 Å². The number of likely N-dealkylation sites (N-methyl/N-ethyl adjacent to an activating group) is 1. The number of rotatable bonds is 1. The maximum atomic E-state index is 11.7. The van der Waals surface area contributed by atoms with Crippen LogP contribution in [0.3, 0.4) is 0 Å². The highest BCUT2D eigenvalue weighted by atomic mass is 35.5. The lowest BCUT2D eigenvalue weighted by atomic mass is 10.1. The summed E-state index contributed by atoms with van der Waals surface area (Å²) in [5.74, 6) is -0.294. The highest BCUT2D eigenvalue weighted by Crippen LogP contribution is 2.30. The van der Waals surface area contributed by atoms with Gasteiger partial charge in [0.1, 0.15) is 0 Å². The predicted octanol–water partition coefficient (Wildman–Crippen LogP) is 1.73. The van der Waals surface area contributed by atoms with Crippen molar-refractivity contribution < 1.29 is 9.58 Å². The van der Waals surface area contributed by atoms with Crippen LogP contribution in [0.15, 0.2) is 18.2 Å². The number of carbonyl (C=O) groups excluding carboxylic acids is 1. The molecule has 4 nitrogen and oxygen atoms in total. The van der Waals surface area contributed by atoms with E-state index >= 15 is 0 Å². The zero-order valence-corrected chi connectivity index (χ0v) is 8.82. The minimum absolute atomic E-state index is 0.0727. The first kappa shape index (κ1) is 9.90. The fourth-order valence-electron chi connectivity index (χ4n) is 1.69. The first-order valence-corrected chi connectivity index (χ1v) is 4.90. The number of halogens is 1. The molecule has 0 saturated heterocycles. The molecule has 0 atom stereocenters. The van der Waals surface area contributed by atoms with Crippen molar-refractivity contribution in [2.24, 2.45) is 0 Å². The second-order valence-corrected chi connectivity index (χ2v) is 3.60. The molecular weight excluding hydrogens is 214 g/mol. The molecule has 0 aliphatic carbocycles. The Morgan fingerprint density at radius 3 is 2.87 bits per heavy atom. The monoisotopic (exact) mass is 221 g/mol. The Bertz CT molecular complexity index is 491. The van der Waals surface area contributed by atoms with E-state index in [9.17, 15) is 4.79 Å². The van der Waals surface area contributed by atoms with Gasteiger partial charge in [-0.2, -0.15) is 4.79 Å². The van der Waals surface area contributed by atoms with Gasteiger partial charge in [-0.3, -0.25) is 4.79 Å². The van der Waals surface area contributed by atoms with Crippen molar-refractivity contribution in [1.82, 2.24) is 0 Å². The molecule has 1 aliphatic heterocycles. The number of anilines is 1. The van der Waals surface area contributed by atoms with Crippen LogP contribution >= 0.6 is 11.6 Å². The number of nitrogens with zero attached hydrogens (tertiary/aromatic N) is 3. The van der Waals surface area contributed by atoms with Gasteiger partial charge in [-0.15, -0.1) is 0 Å². The summed E-state index contributed by atoms with van der Waals surface area (Å²) in [5, 5.41) is 0.555. The van der Waals surface area contributed by atoms with E-state index in [-0.39, 0.29) is 11.6 Å². The van der Waals surface area contributed by atoms with Crippen LogP contribution < -0.4 is 4.90 Å². The fourth-order valence-corrected chi connectivity index (χ4v) is 1.86. The second kappa shape index (κ2) is 3.50. The molecule has 0 spiro atoms. The van der Waals surface area contributed by atoms with Crippen molar-refractivity contribution in [3.8, 4) is 0 Å². The third kappa shape index (κ3) is 1.35. The smallest absolute Gasteiger partial charge is 0.361 e. The second-order valence-electron chi connectivity index (χ2n) is 3.16. The van der Waals surface area contributed by atoms with Gasteiger partial charge in [0.25, 0.3) is 0 Å². The van der Waals surface area contributed by atoms with Crippen LogP contribution in [-0.4, -0.2) is 23.0 Å². The predicted molar refractivity (Wildman–Crippen MR) is 57.2 cm³/mol. The molecule has 15 heavy (non-hydrogen) atoms. The zero-order chi connectivity index (χ0) is 11.0. The lowest BCUT2D eigenvalue weighted by molar-refractivity contribution is -0.116. The minimum Gasteiger partial charge on any atom is -0.361 e. The standard InChI is InChI=1S/C10H8ClN3O/c1-2-14-8-5-6(11)3-4-7(8)9(13-12)10(14)15/h3-5H,2H2,1H3. The molecule has 0 bridgehead atoms. The largest absolute Gasteiger partial charge is 0.389 e. The van der Waals surface area contributed by atoms with Crippen LogP contribution in [0, 0.1) is 0 Å². The van der Waals surface area contributed by atoms with Crippen molar-refractivity contribution in [1.29, 1.82) is 0 Å². The summed E-state index contributed by atoms with van der Waals surface area (Å²) in [6.45, 7) is 2.37. The lowest BCUT2D eigenvalue weighted by Gasteiger charge is -2.12. The Hall–Kier alpha value is -1.64. The first-order chi connectivity index (χ1) is 7.19. The summed E-state index contributed by atoms with van der Waals surface area (Å²) in [5.41, 5.74) is 10.2. The molecule has 0 aromatic heterocycles. The van der Waals surface area contributed by atoms with Gasteiger partial charge in [-0.05, 0) is 25.1 Å². The Labute approximate surface area is 91.7 Å². The van der Waals surface area contributed by atoms with Gasteiger partial charge in [0.05, 0.1) is 11.3 Å². The van der Waals surface area contributed by atoms with E-state index in [0.29, 0.717) is 22.8 Å². The lowest BCUT2D eigenvalue weighted by Crippen LogP contribution is -2.30. The molecule has 0 radical (unpaired) electrons. The average molecular weight is 222 g/mol. The number of hydrogen-bond donors (Lipinski definition) is 0. The first-order valence-electron chi connectivity index (χ1n) is 4.53. The number of amides is 1. The molecule has 1 aliphatic rings. The summed E-state index contributed by atoms with van der Waals surface area (Å²) in [6.07, 6.45) is 0. The molecule has 0 fully saturated rings. The summed E-state index contributed by atoms with van der Waals surface area (Å²) in [6, 6.07) is 5.04. The van der Waals surface area contributed by atoms with Gasteiger partial charge in [-0.25, -0.2) is 0 Å². The van der Waals surface area contributed by atoms with Crippen LogP contribution in [0.2, 0.25) is 5.02 Å². The average Bonchev–Trinajstić information content (AvgIpc) is 2.48. The van der Waals surface area contributed by atoms with E-state index in [1.807, 2.05) is 6.92 Å². The molecule has 1 amide bonds. The van der Waals surface area contributed by atoms with E-state index in [2.05, 4.69) is 4.79 Å². The van der Waals surface area contributed by atoms with Crippen LogP contribution in [0.5, 0.6) is 0 Å². The maximum absolute atomic E-state index is 11.7. The van der Waals surface area contributed by atoms with E-state index < -0.39 is 0 Å². The molecular formula is C10H8ClN3O. The molecule has 0 saturated carbocycles. The summed E-state index contributed by atoms with van der Waals surface area (Å²) < 4.78 is 0. The Morgan fingerprint density at radius 1 is 1.53 bits per heavy atom. The number of carbonyl (C=O) groups is 1. The quantitative estimate of drug-likeness (QED) is 0.526. The molecule has 5 heteroatoms. The summed E-state index contributed by atoms with van der Waals surface area (Å²) in [7, 11) is 0. The summed E-state index contributed by atoms with van der Waals surface area (Å²) >= 11 is 5.84. The molecule has 76 valence electrons. The Kier molecular flexibility index (Phi) is 2.31. The van der Waals surface area contributed by atoms with Crippen LogP contribution in [0.25, 0.3) is 5.53 Å². The summed E-state index contributed by atoms with van der Waals surface area (Å²) in [4.78, 5) is 16.3. The van der Waals surface area contributed by atoms with Gasteiger partial charge < -0.3 is 10.4 Å². The topological polar surface area (TPSA) is 56.7 Å². The fraction of sp³-hybridized carbons (Fsp3) is 0.200.